The Labute approximate surface area is 147 Å². The van der Waals surface area contributed by atoms with Crippen molar-refractivity contribution < 1.29 is 4.52 Å². The van der Waals surface area contributed by atoms with Crippen molar-refractivity contribution >= 4 is 23.3 Å². The second-order valence-electron chi connectivity index (χ2n) is 6.70. The second-order valence-corrected chi connectivity index (χ2v) is 6.70. The molecule has 0 aliphatic heterocycles. The molecule has 1 aliphatic carbocycles. The smallest absolute Gasteiger partial charge is 0.258 e. The molecule has 0 bridgehead atoms. The Morgan fingerprint density at radius 3 is 2.58 bits per heavy atom. The Kier molecular flexibility index (Phi) is 4.32. The molecule has 2 aromatic heterocycles. The van der Waals surface area contributed by atoms with Crippen LogP contribution >= 0.6 is 12.4 Å². The maximum absolute atomic E-state index is 6.31. The van der Waals surface area contributed by atoms with Crippen molar-refractivity contribution in [3.63, 3.8) is 0 Å². The SMILES string of the molecule is CC(C)c1cc(-c2nc(C3(N)CCC3)no2)c2ccccc2n1.Cl. The Bertz CT molecular complexity index is 870. The van der Waals surface area contributed by atoms with E-state index in [-0.39, 0.29) is 12.4 Å². The number of pyridine rings is 1. The molecule has 24 heavy (non-hydrogen) atoms. The van der Waals surface area contributed by atoms with E-state index >= 15 is 0 Å². The van der Waals surface area contributed by atoms with Crippen molar-refractivity contribution in [3.05, 3.63) is 41.9 Å². The third kappa shape index (κ3) is 2.68. The van der Waals surface area contributed by atoms with Crippen molar-refractivity contribution in [2.75, 3.05) is 0 Å². The zero-order valence-electron chi connectivity index (χ0n) is 13.8. The first-order chi connectivity index (χ1) is 11.1. The average molecular weight is 345 g/mol. The minimum absolute atomic E-state index is 0. The Morgan fingerprint density at radius 1 is 1.17 bits per heavy atom. The van der Waals surface area contributed by atoms with Gasteiger partial charge in [0.05, 0.1) is 16.6 Å². The van der Waals surface area contributed by atoms with Crippen LogP contribution < -0.4 is 5.73 Å². The zero-order chi connectivity index (χ0) is 16.0. The van der Waals surface area contributed by atoms with E-state index in [1.165, 1.54) is 0 Å². The summed E-state index contributed by atoms with van der Waals surface area (Å²) in [6.45, 7) is 4.26. The summed E-state index contributed by atoms with van der Waals surface area (Å²) in [4.78, 5) is 9.32. The summed E-state index contributed by atoms with van der Waals surface area (Å²) < 4.78 is 5.55. The molecule has 2 heterocycles. The lowest BCUT2D eigenvalue weighted by molar-refractivity contribution is 0.229. The number of hydrogen-bond donors (Lipinski definition) is 1. The summed E-state index contributed by atoms with van der Waals surface area (Å²) in [7, 11) is 0. The summed E-state index contributed by atoms with van der Waals surface area (Å²) in [5.74, 6) is 1.47. The minimum Gasteiger partial charge on any atom is -0.334 e. The third-order valence-electron chi connectivity index (χ3n) is 4.68. The van der Waals surface area contributed by atoms with Crippen LogP contribution in [0.5, 0.6) is 0 Å². The number of para-hydroxylation sites is 1. The van der Waals surface area contributed by atoms with Gasteiger partial charge in [-0.2, -0.15) is 4.98 Å². The Hall–Kier alpha value is -1.98. The van der Waals surface area contributed by atoms with Crippen molar-refractivity contribution in [1.29, 1.82) is 0 Å². The molecule has 4 rings (SSSR count). The van der Waals surface area contributed by atoms with Gasteiger partial charge in [-0.3, -0.25) is 4.98 Å². The summed E-state index contributed by atoms with van der Waals surface area (Å²) in [6, 6.07) is 10.1. The maximum Gasteiger partial charge on any atom is 0.258 e. The molecule has 1 aliphatic rings. The molecular formula is C18H21ClN4O. The van der Waals surface area contributed by atoms with Crippen LogP contribution in [0.15, 0.2) is 34.9 Å². The van der Waals surface area contributed by atoms with E-state index < -0.39 is 5.54 Å². The van der Waals surface area contributed by atoms with Crippen molar-refractivity contribution in [3.8, 4) is 11.5 Å². The molecular weight excluding hydrogens is 324 g/mol. The Balaban J connectivity index is 0.00000169. The van der Waals surface area contributed by atoms with Crippen LogP contribution in [-0.4, -0.2) is 15.1 Å². The van der Waals surface area contributed by atoms with Crippen LogP contribution in [0.4, 0.5) is 0 Å². The molecule has 3 aromatic rings. The number of nitrogens with zero attached hydrogens (tertiary/aromatic N) is 3. The molecule has 0 unspecified atom stereocenters. The topological polar surface area (TPSA) is 77.8 Å². The van der Waals surface area contributed by atoms with Gasteiger partial charge >= 0.3 is 0 Å². The number of benzene rings is 1. The van der Waals surface area contributed by atoms with E-state index in [4.69, 9.17) is 15.2 Å². The first kappa shape index (κ1) is 16.9. The van der Waals surface area contributed by atoms with Gasteiger partial charge in [0, 0.05) is 11.1 Å². The molecule has 1 fully saturated rings. The molecule has 0 radical (unpaired) electrons. The highest BCUT2D eigenvalue weighted by molar-refractivity contribution is 5.92. The van der Waals surface area contributed by atoms with Gasteiger partial charge in [0.15, 0.2) is 5.82 Å². The first-order valence-electron chi connectivity index (χ1n) is 8.10. The number of aromatic nitrogens is 3. The molecule has 126 valence electrons. The first-order valence-corrected chi connectivity index (χ1v) is 8.10. The van der Waals surface area contributed by atoms with Crippen LogP contribution in [0.25, 0.3) is 22.4 Å². The van der Waals surface area contributed by atoms with E-state index in [0.717, 1.165) is 41.4 Å². The van der Waals surface area contributed by atoms with E-state index in [0.29, 0.717) is 17.6 Å². The van der Waals surface area contributed by atoms with E-state index in [1.54, 1.807) is 0 Å². The van der Waals surface area contributed by atoms with Gasteiger partial charge in [-0.25, -0.2) is 0 Å². The largest absolute Gasteiger partial charge is 0.334 e. The number of fused-ring (bicyclic) bond motifs is 1. The zero-order valence-corrected chi connectivity index (χ0v) is 14.6. The number of hydrogen-bond acceptors (Lipinski definition) is 5. The number of rotatable bonds is 3. The van der Waals surface area contributed by atoms with Crippen molar-refractivity contribution in [2.24, 2.45) is 5.73 Å². The van der Waals surface area contributed by atoms with Crippen molar-refractivity contribution in [2.45, 2.75) is 44.6 Å². The number of nitrogens with two attached hydrogens (primary N) is 1. The van der Waals surface area contributed by atoms with Gasteiger partial charge in [0.1, 0.15) is 0 Å². The van der Waals surface area contributed by atoms with Gasteiger partial charge in [-0.1, -0.05) is 37.2 Å². The Morgan fingerprint density at radius 2 is 1.92 bits per heavy atom. The third-order valence-corrected chi connectivity index (χ3v) is 4.68. The van der Waals surface area contributed by atoms with Crippen LogP contribution in [0.1, 0.15) is 50.5 Å². The van der Waals surface area contributed by atoms with Gasteiger partial charge in [0.25, 0.3) is 5.89 Å². The van der Waals surface area contributed by atoms with Crippen LogP contribution in [0.3, 0.4) is 0 Å². The highest BCUT2D eigenvalue weighted by Crippen LogP contribution is 2.38. The summed E-state index contributed by atoms with van der Waals surface area (Å²) in [5, 5.41) is 5.16. The fourth-order valence-electron chi connectivity index (χ4n) is 2.98. The molecule has 0 spiro atoms. The van der Waals surface area contributed by atoms with Gasteiger partial charge in [-0.05, 0) is 37.3 Å². The molecule has 0 atom stereocenters. The lowest BCUT2D eigenvalue weighted by atomic mass is 9.77. The van der Waals surface area contributed by atoms with Gasteiger partial charge in [0.2, 0.25) is 0 Å². The van der Waals surface area contributed by atoms with E-state index in [1.807, 2.05) is 30.3 Å². The lowest BCUT2D eigenvalue weighted by Crippen LogP contribution is -2.44. The predicted molar refractivity (Wildman–Crippen MR) is 96.1 cm³/mol. The van der Waals surface area contributed by atoms with Gasteiger partial charge < -0.3 is 10.3 Å². The molecule has 2 N–H and O–H groups in total. The number of halogens is 1. The fourth-order valence-corrected chi connectivity index (χ4v) is 2.98. The maximum atomic E-state index is 6.31. The highest BCUT2D eigenvalue weighted by Gasteiger charge is 2.39. The molecule has 0 saturated heterocycles. The van der Waals surface area contributed by atoms with E-state index in [2.05, 4.69) is 24.0 Å². The highest BCUT2D eigenvalue weighted by atomic mass is 35.5. The normalized spacial score (nSPS) is 16.0. The molecule has 0 amide bonds. The molecule has 1 saturated carbocycles. The monoisotopic (exact) mass is 344 g/mol. The van der Waals surface area contributed by atoms with Crippen LogP contribution in [0.2, 0.25) is 0 Å². The average Bonchev–Trinajstić information content (AvgIpc) is 3.01. The van der Waals surface area contributed by atoms with Crippen molar-refractivity contribution in [1.82, 2.24) is 15.1 Å². The molecule has 5 nitrogen and oxygen atoms in total. The van der Waals surface area contributed by atoms with E-state index in [9.17, 15) is 0 Å². The fraction of sp³-hybridized carbons (Fsp3) is 0.389. The second kappa shape index (κ2) is 6.15. The molecule has 6 heteroatoms. The lowest BCUT2D eigenvalue weighted by Gasteiger charge is -2.34. The van der Waals surface area contributed by atoms with Crippen LogP contribution in [0, 0.1) is 0 Å². The minimum atomic E-state index is -0.411. The molecule has 1 aromatic carbocycles. The quantitative estimate of drug-likeness (QED) is 0.771. The van der Waals surface area contributed by atoms with Crippen LogP contribution in [-0.2, 0) is 5.54 Å². The summed E-state index contributed by atoms with van der Waals surface area (Å²) in [5.41, 5.74) is 8.79. The predicted octanol–water partition coefficient (Wildman–Crippen LogP) is 4.17. The standard InChI is InChI=1S/C18H20N4O.ClH/c1-11(2)15-10-13(12-6-3-4-7-14(12)20-15)16-21-17(22-23-16)18(19)8-5-9-18;/h3-4,6-7,10-11H,5,8-9,19H2,1-2H3;1H. The van der Waals surface area contributed by atoms with Gasteiger partial charge in [-0.15, -0.1) is 12.4 Å². The summed E-state index contributed by atoms with van der Waals surface area (Å²) in [6.07, 6.45) is 2.96. The summed E-state index contributed by atoms with van der Waals surface area (Å²) >= 11 is 0.